The van der Waals surface area contributed by atoms with Crippen LogP contribution in [0.5, 0.6) is 0 Å². The molecule has 0 bridgehead atoms. The lowest BCUT2D eigenvalue weighted by Crippen LogP contribution is -2.41. The molecule has 1 amide bonds. The van der Waals surface area contributed by atoms with Crippen molar-refractivity contribution in [1.29, 1.82) is 0 Å². The fourth-order valence-corrected chi connectivity index (χ4v) is 4.46. The van der Waals surface area contributed by atoms with Gasteiger partial charge in [0, 0.05) is 24.3 Å². The highest BCUT2D eigenvalue weighted by Crippen LogP contribution is 2.24. The van der Waals surface area contributed by atoms with Gasteiger partial charge in [-0.15, -0.1) is 0 Å². The Hall–Kier alpha value is -2.29. The van der Waals surface area contributed by atoms with E-state index in [2.05, 4.69) is 5.32 Å². The Morgan fingerprint density at radius 3 is 2.37 bits per heavy atom. The van der Waals surface area contributed by atoms with Gasteiger partial charge in [0.05, 0.1) is 13.2 Å². The second kappa shape index (κ2) is 7.75. The summed E-state index contributed by atoms with van der Waals surface area (Å²) in [4.78, 5) is 12.1. The van der Waals surface area contributed by atoms with E-state index in [4.69, 9.17) is 4.74 Å². The lowest BCUT2D eigenvalue weighted by Gasteiger charge is -2.26. The molecule has 2 aromatic carbocycles. The number of ether oxygens (including phenoxy) is 1. The standard InChI is InChI=1S/C19H21FN2O4S/c1-13-4-3-5-14(2)18(13)21-19(23)15-6-7-16(20)17(12-15)27(24,25)22-8-10-26-11-9-22/h3-7,12H,8-11H2,1-2H3,(H,21,23). The van der Waals surface area contributed by atoms with E-state index >= 15 is 0 Å². The number of amides is 1. The number of rotatable bonds is 4. The van der Waals surface area contributed by atoms with Gasteiger partial charge in [-0.2, -0.15) is 4.31 Å². The summed E-state index contributed by atoms with van der Waals surface area (Å²) in [7, 11) is -4.04. The average Bonchev–Trinajstić information content (AvgIpc) is 2.65. The zero-order valence-electron chi connectivity index (χ0n) is 15.2. The molecule has 0 atom stereocenters. The van der Waals surface area contributed by atoms with Crippen LogP contribution in [0.2, 0.25) is 0 Å². The van der Waals surface area contributed by atoms with Gasteiger partial charge in [-0.3, -0.25) is 4.79 Å². The Balaban J connectivity index is 1.92. The van der Waals surface area contributed by atoms with Crippen molar-refractivity contribution in [2.24, 2.45) is 0 Å². The summed E-state index contributed by atoms with van der Waals surface area (Å²) in [6, 6.07) is 8.97. The van der Waals surface area contributed by atoms with Crippen LogP contribution >= 0.6 is 0 Å². The largest absolute Gasteiger partial charge is 0.379 e. The molecule has 0 spiro atoms. The van der Waals surface area contributed by atoms with E-state index in [0.29, 0.717) is 5.69 Å². The van der Waals surface area contributed by atoms with Gasteiger partial charge in [-0.05, 0) is 43.2 Å². The van der Waals surface area contributed by atoms with E-state index < -0.39 is 26.6 Å². The predicted molar refractivity (Wildman–Crippen MR) is 99.8 cm³/mol. The molecule has 1 aliphatic rings. The number of para-hydroxylation sites is 1. The van der Waals surface area contributed by atoms with Crippen molar-refractivity contribution >= 4 is 21.6 Å². The number of halogens is 1. The Labute approximate surface area is 158 Å². The molecule has 0 unspecified atom stereocenters. The average molecular weight is 392 g/mol. The number of hydrogen-bond acceptors (Lipinski definition) is 4. The number of morpholine rings is 1. The molecule has 27 heavy (non-hydrogen) atoms. The van der Waals surface area contributed by atoms with E-state index in [1.54, 1.807) is 0 Å². The summed E-state index contributed by atoms with van der Waals surface area (Å²) in [6.07, 6.45) is 0. The number of anilines is 1. The molecule has 1 fully saturated rings. The number of nitrogens with one attached hydrogen (secondary N) is 1. The van der Waals surface area contributed by atoms with Crippen molar-refractivity contribution in [2.75, 3.05) is 31.6 Å². The Morgan fingerprint density at radius 2 is 1.74 bits per heavy atom. The third kappa shape index (κ3) is 4.02. The van der Waals surface area contributed by atoms with Gasteiger partial charge in [0.15, 0.2) is 0 Å². The van der Waals surface area contributed by atoms with E-state index in [1.807, 2.05) is 32.0 Å². The maximum absolute atomic E-state index is 14.3. The zero-order valence-corrected chi connectivity index (χ0v) is 16.0. The molecule has 1 N–H and O–H groups in total. The summed E-state index contributed by atoms with van der Waals surface area (Å²) in [5.41, 5.74) is 2.49. The van der Waals surface area contributed by atoms with Crippen LogP contribution in [0.15, 0.2) is 41.3 Å². The fraction of sp³-hybridized carbons (Fsp3) is 0.316. The fourth-order valence-electron chi connectivity index (χ4n) is 2.97. The van der Waals surface area contributed by atoms with Gasteiger partial charge < -0.3 is 10.1 Å². The quantitative estimate of drug-likeness (QED) is 0.868. The molecule has 1 heterocycles. The van der Waals surface area contributed by atoms with Crippen molar-refractivity contribution in [3.63, 3.8) is 0 Å². The van der Waals surface area contributed by atoms with Crippen LogP contribution in [0.4, 0.5) is 10.1 Å². The minimum Gasteiger partial charge on any atom is -0.379 e. The van der Waals surface area contributed by atoms with Crippen molar-refractivity contribution in [3.8, 4) is 0 Å². The van der Waals surface area contributed by atoms with Gasteiger partial charge in [0.1, 0.15) is 10.7 Å². The van der Waals surface area contributed by atoms with Gasteiger partial charge in [-0.1, -0.05) is 18.2 Å². The van der Waals surface area contributed by atoms with Crippen LogP contribution in [-0.4, -0.2) is 44.9 Å². The summed E-state index contributed by atoms with van der Waals surface area (Å²) in [5, 5.41) is 2.78. The highest BCUT2D eigenvalue weighted by molar-refractivity contribution is 7.89. The first-order valence-corrected chi connectivity index (χ1v) is 10.00. The SMILES string of the molecule is Cc1cccc(C)c1NC(=O)c1ccc(F)c(S(=O)(=O)N2CCOCC2)c1. The number of carbonyl (C=O) groups excluding carboxylic acids is 1. The molecule has 3 rings (SSSR count). The number of aryl methyl sites for hydroxylation is 2. The molecule has 0 aliphatic carbocycles. The van der Waals surface area contributed by atoms with Crippen molar-refractivity contribution < 1.29 is 22.3 Å². The number of nitrogens with zero attached hydrogens (tertiary/aromatic N) is 1. The van der Waals surface area contributed by atoms with Crippen molar-refractivity contribution in [2.45, 2.75) is 18.7 Å². The van der Waals surface area contributed by atoms with Crippen LogP contribution in [-0.2, 0) is 14.8 Å². The number of sulfonamides is 1. The second-order valence-corrected chi connectivity index (χ2v) is 8.29. The van der Waals surface area contributed by atoms with Crippen molar-refractivity contribution in [1.82, 2.24) is 4.31 Å². The highest BCUT2D eigenvalue weighted by Gasteiger charge is 2.29. The number of hydrogen-bond donors (Lipinski definition) is 1. The van der Waals surface area contributed by atoms with E-state index in [1.165, 1.54) is 10.4 Å². The Morgan fingerprint density at radius 1 is 1.11 bits per heavy atom. The van der Waals surface area contributed by atoms with Gasteiger partial charge >= 0.3 is 0 Å². The maximum atomic E-state index is 14.3. The van der Waals surface area contributed by atoms with Gasteiger partial charge in [-0.25, -0.2) is 12.8 Å². The van der Waals surface area contributed by atoms with Crippen LogP contribution in [0.25, 0.3) is 0 Å². The van der Waals surface area contributed by atoms with Crippen molar-refractivity contribution in [3.05, 3.63) is 58.9 Å². The monoisotopic (exact) mass is 392 g/mol. The van der Waals surface area contributed by atoms with Crippen LogP contribution in [0, 0.1) is 19.7 Å². The van der Waals surface area contributed by atoms with Crippen LogP contribution in [0.3, 0.4) is 0 Å². The molecule has 6 nitrogen and oxygen atoms in total. The molecule has 0 radical (unpaired) electrons. The third-order valence-electron chi connectivity index (χ3n) is 4.50. The minimum absolute atomic E-state index is 0.0749. The van der Waals surface area contributed by atoms with E-state index in [0.717, 1.165) is 23.3 Å². The first kappa shape index (κ1) is 19.5. The van der Waals surface area contributed by atoms with E-state index in [-0.39, 0.29) is 31.9 Å². The second-order valence-electron chi connectivity index (χ2n) is 6.38. The molecule has 8 heteroatoms. The summed E-state index contributed by atoms with van der Waals surface area (Å²) in [6.45, 7) is 4.55. The zero-order chi connectivity index (χ0) is 19.6. The first-order chi connectivity index (χ1) is 12.8. The lowest BCUT2D eigenvalue weighted by molar-refractivity contribution is 0.0729. The topological polar surface area (TPSA) is 75.7 Å². The van der Waals surface area contributed by atoms with Gasteiger partial charge in [0.25, 0.3) is 5.91 Å². The highest BCUT2D eigenvalue weighted by atomic mass is 32.2. The smallest absolute Gasteiger partial charge is 0.255 e. The summed E-state index contributed by atoms with van der Waals surface area (Å²) < 4.78 is 46.1. The lowest BCUT2D eigenvalue weighted by atomic mass is 10.1. The molecule has 1 saturated heterocycles. The van der Waals surface area contributed by atoms with Crippen LogP contribution in [0.1, 0.15) is 21.5 Å². The summed E-state index contributed by atoms with van der Waals surface area (Å²) >= 11 is 0. The first-order valence-electron chi connectivity index (χ1n) is 8.55. The third-order valence-corrected chi connectivity index (χ3v) is 6.41. The van der Waals surface area contributed by atoms with Gasteiger partial charge in [0.2, 0.25) is 10.0 Å². The molecule has 1 aliphatic heterocycles. The molecule has 0 saturated carbocycles. The molecule has 2 aromatic rings. The summed E-state index contributed by atoms with van der Waals surface area (Å²) in [5.74, 6) is -1.38. The molecule has 144 valence electrons. The Bertz CT molecular complexity index is 949. The normalized spacial score (nSPS) is 15.5. The number of benzene rings is 2. The Kier molecular flexibility index (Phi) is 5.59. The predicted octanol–water partition coefficient (Wildman–Crippen LogP) is 2.72. The molecular weight excluding hydrogens is 371 g/mol. The maximum Gasteiger partial charge on any atom is 0.255 e. The molecule has 0 aromatic heterocycles. The minimum atomic E-state index is -4.04. The number of carbonyl (C=O) groups is 1. The van der Waals surface area contributed by atoms with E-state index in [9.17, 15) is 17.6 Å². The molecular formula is C19H21FN2O4S. The van der Waals surface area contributed by atoms with Crippen LogP contribution < -0.4 is 5.32 Å².